The summed E-state index contributed by atoms with van der Waals surface area (Å²) in [6.45, 7) is 4.07. The van der Waals surface area contributed by atoms with Crippen LogP contribution in [0.2, 0.25) is 0 Å². The largest absolute Gasteiger partial charge is 0.306 e. The van der Waals surface area contributed by atoms with Crippen molar-refractivity contribution in [3.8, 4) is 0 Å². The fraction of sp³-hybridized carbons (Fsp3) is 0.571. The summed E-state index contributed by atoms with van der Waals surface area (Å²) < 4.78 is 14.5. The maximum absolute atomic E-state index is 13.7. The van der Waals surface area contributed by atoms with E-state index < -0.39 is 0 Å². The first kappa shape index (κ1) is 14.0. The first-order valence-electron chi connectivity index (χ1n) is 6.35. The van der Waals surface area contributed by atoms with Gasteiger partial charge in [-0.1, -0.05) is 22.0 Å². The van der Waals surface area contributed by atoms with E-state index in [1.807, 2.05) is 12.1 Å². The number of nitrogens with zero attached hydrogens (tertiary/aromatic N) is 2. The minimum Gasteiger partial charge on any atom is -0.306 e. The number of rotatable bonds is 4. The molecule has 1 fully saturated rings. The summed E-state index contributed by atoms with van der Waals surface area (Å²) in [7, 11) is 4.23. The lowest BCUT2D eigenvalue weighted by molar-refractivity contribution is 0.264. The van der Waals surface area contributed by atoms with Crippen LogP contribution in [-0.4, -0.2) is 43.5 Å². The first-order valence-corrected chi connectivity index (χ1v) is 7.15. The van der Waals surface area contributed by atoms with Crippen LogP contribution in [0.15, 0.2) is 22.7 Å². The predicted molar refractivity (Wildman–Crippen MR) is 76.0 cm³/mol. The lowest BCUT2D eigenvalue weighted by atomic mass is 10.1. The van der Waals surface area contributed by atoms with Gasteiger partial charge in [-0.3, -0.25) is 0 Å². The zero-order chi connectivity index (χ0) is 13.1. The lowest BCUT2D eigenvalue weighted by Gasteiger charge is -2.21. The van der Waals surface area contributed by atoms with Crippen molar-refractivity contribution in [2.24, 2.45) is 5.92 Å². The monoisotopic (exact) mass is 314 g/mol. The minimum atomic E-state index is -0.125. The van der Waals surface area contributed by atoms with Crippen molar-refractivity contribution in [3.05, 3.63) is 34.1 Å². The summed E-state index contributed by atoms with van der Waals surface area (Å²) in [6.07, 6.45) is 1.25. The Morgan fingerprint density at radius 1 is 1.50 bits per heavy atom. The molecule has 18 heavy (non-hydrogen) atoms. The molecule has 1 aliphatic rings. The third-order valence-corrected chi connectivity index (χ3v) is 4.01. The summed E-state index contributed by atoms with van der Waals surface area (Å²) >= 11 is 3.28. The van der Waals surface area contributed by atoms with Crippen molar-refractivity contribution in [2.45, 2.75) is 13.0 Å². The Kier molecular flexibility index (Phi) is 4.76. The molecule has 0 spiro atoms. The van der Waals surface area contributed by atoms with E-state index >= 15 is 0 Å². The third kappa shape index (κ3) is 3.77. The van der Waals surface area contributed by atoms with Gasteiger partial charge in [-0.2, -0.15) is 0 Å². The minimum absolute atomic E-state index is 0.125. The quantitative estimate of drug-likeness (QED) is 0.843. The van der Waals surface area contributed by atoms with E-state index in [2.05, 4.69) is 39.8 Å². The van der Waals surface area contributed by atoms with Crippen LogP contribution in [0.4, 0.5) is 4.39 Å². The molecule has 1 unspecified atom stereocenters. The molecular weight excluding hydrogens is 295 g/mol. The molecule has 1 aliphatic heterocycles. The van der Waals surface area contributed by atoms with E-state index in [0.717, 1.165) is 29.0 Å². The third-order valence-electron chi connectivity index (χ3n) is 3.51. The predicted octanol–water partition coefficient (Wildman–Crippen LogP) is 2.97. The van der Waals surface area contributed by atoms with E-state index in [4.69, 9.17) is 0 Å². The van der Waals surface area contributed by atoms with Crippen LogP contribution in [0.25, 0.3) is 0 Å². The molecule has 0 N–H and O–H groups in total. The van der Waals surface area contributed by atoms with Gasteiger partial charge in [-0.15, -0.1) is 0 Å². The summed E-state index contributed by atoms with van der Waals surface area (Å²) in [4.78, 5) is 4.58. The fourth-order valence-corrected chi connectivity index (χ4v) is 2.95. The SMILES string of the molecule is CN1CCC(CN(C)Cc2ccc(Br)cc2F)C1. The Labute approximate surface area is 117 Å². The normalized spacial score (nSPS) is 20.8. The van der Waals surface area contributed by atoms with Crippen molar-refractivity contribution < 1.29 is 4.39 Å². The van der Waals surface area contributed by atoms with Crippen LogP contribution in [0.3, 0.4) is 0 Å². The fourth-order valence-electron chi connectivity index (χ4n) is 2.62. The van der Waals surface area contributed by atoms with E-state index in [0.29, 0.717) is 6.54 Å². The Hall–Kier alpha value is -0.450. The molecule has 0 radical (unpaired) electrons. The van der Waals surface area contributed by atoms with Crippen molar-refractivity contribution in [1.29, 1.82) is 0 Å². The van der Waals surface area contributed by atoms with Gasteiger partial charge in [-0.05, 0) is 45.1 Å². The molecule has 0 bridgehead atoms. The maximum Gasteiger partial charge on any atom is 0.128 e. The van der Waals surface area contributed by atoms with Gasteiger partial charge in [0.15, 0.2) is 0 Å². The molecule has 1 heterocycles. The van der Waals surface area contributed by atoms with Gasteiger partial charge in [0.05, 0.1) is 0 Å². The molecule has 0 saturated carbocycles. The second kappa shape index (κ2) is 6.13. The molecule has 2 rings (SSSR count). The number of halogens is 2. The van der Waals surface area contributed by atoms with Gasteiger partial charge in [0.25, 0.3) is 0 Å². The number of likely N-dealkylation sites (tertiary alicyclic amines) is 1. The molecule has 2 nitrogen and oxygen atoms in total. The second-order valence-electron chi connectivity index (χ2n) is 5.35. The highest BCUT2D eigenvalue weighted by Crippen LogP contribution is 2.19. The molecule has 0 aliphatic carbocycles. The first-order chi connectivity index (χ1) is 8.54. The van der Waals surface area contributed by atoms with Gasteiger partial charge in [0.1, 0.15) is 5.82 Å². The van der Waals surface area contributed by atoms with Crippen LogP contribution >= 0.6 is 15.9 Å². The van der Waals surface area contributed by atoms with Gasteiger partial charge in [0, 0.05) is 29.7 Å². The standard InChI is InChI=1S/C14H20BrFN2/c1-17-6-5-11(8-17)9-18(2)10-12-3-4-13(15)7-14(12)16/h3-4,7,11H,5-6,8-10H2,1-2H3. The van der Waals surface area contributed by atoms with Crippen LogP contribution in [0.5, 0.6) is 0 Å². The van der Waals surface area contributed by atoms with Gasteiger partial charge in [0.2, 0.25) is 0 Å². The topological polar surface area (TPSA) is 6.48 Å². The molecule has 4 heteroatoms. The zero-order valence-electron chi connectivity index (χ0n) is 11.0. The van der Waals surface area contributed by atoms with E-state index in [9.17, 15) is 4.39 Å². The molecule has 0 aromatic heterocycles. The highest BCUT2D eigenvalue weighted by Gasteiger charge is 2.20. The Balaban J connectivity index is 1.88. The zero-order valence-corrected chi connectivity index (χ0v) is 12.6. The van der Waals surface area contributed by atoms with E-state index in [-0.39, 0.29) is 5.82 Å². The molecule has 1 atom stereocenters. The Morgan fingerprint density at radius 2 is 2.28 bits per heavy atom. The Morgan fingerprint density at radius 3 is 2.89 bits per heavy atom. The van der Waals surface area contributed by atoms with Crippen molar-refractivity contribution in [3.63, 3.8) is 0 Å². The highest BCUT2D eigenvalue weighted by atomic mass is 79.9. The van der Waals surface area contributed by atoms with Crippen LogP contribution < -0.4 is 0 Å². The molecule has 1 saturated heterocycles. The summed E-state index contributed by atoms with van der Waals surface area (Å²) in [5.74, 6) is 0.596. The summed E-state index contributed by atoms with van der Waals surface area (Å²) in [5, 5.41) is 0. The van der Waals surface area contributed by atoms with E-state index in [1.54, 1.807) is 0 Å². The Bertz CT molecular complexity index is 411. The molecule has 1 aromatic carbocycles. The summed E-state index contributed by atoms with van der Waals surface area (Å²) in [5.41, 5.74) is 0.770. The van der Waals surface area contributed by atoms with Crippen LogP contribution in [0, 0.1) is 11.7 Å². The average molecular weight is 315 g/mol. The van der Waals surface area contributed by atoms with Crippen LogP contribution in [0.1, 0.15) is 12.0 Å². The summed E-state index contributed by atoms with van der Waals surface area (Å²) in [6, 6.07) is 5.29. The number of benzene rings is 1. The molecule has 100 valence electrons. The molecule has 0 amide bonds. The van der Waals surface area contributed by atoms with Crippen molar-refractivity contribution >= 4 is 15.9 Å². The molecule has 1 aromatic rings. The number of hydrogen-bond donors (Lipinski definition) is 0. The van der Waals surface area contributed by atoms with Crippen molar-refractivity contribution in [2.75, 3.05) is 33.7 Å². The van der Waals surface area contributed by atoms with Gasteiger partial charge < -0.3 is 9.80 Å². The highest BCUT2D eigenvalue weighted by molar-refractivity contribution is 9.10. The average Bonchev–Trinajstić information content (AvgIpc) is 2.68. The van der Waals surface area contributed by atoms with E-state index in [1.165, 1.54) is 19.0 Å². The second-order valence-corrected chi connectivity index (χ2v) is 6.27. The number of hydrogen-bond acceptors (Lipinski definition) is 2. The van der Waals surface area contributed by atoms with Gasteiger partial charge >= 0.3 is 0 Å². The lowest BCUT2D eigenvalue weighted by Crippen LogP contribution is -2.27. The van der Waals surface area contributed by atoms with Crippen LogP contribution in [-0.2, 0) is 6.54 Å². The smallest absolute Gasteiger partial charge is 0.128 e. The van der Waals surface area contributed by atoms with Gasteiger partial charge in [-0.25, -0.2) is 4.39 Å². The maximum atomic E-state index is 13.7. The molecular formula is C14H20BrFN2. The van der Waals surface area contributed by atoms with Crippen molar-refractivity contribution in [1.82, 2.24) is 9.80 Å².